The highest BCUT2D eigenvalue weighted by Gasteiger charge is 2.38. The van der Waals surface area contributed by atoms with Crippen LogP contribution < -0.4 is 5.32 Å². The van der Waals surface area contributed by atoms with Gasteiger partial charge in [0.1, 0.15) is 24.3 Å². The average molecular weight is 384 g/mol. The molecule has 0 spiro atoms. The number of carboxylic acid groups (broad SMARTS) is 1. The standard InChI is InChI=1S/C18H28N2O7/c1-5-11-26-14(21)9-8-12(16(23)24)19-15(22)13-7-6-10-20(13)17(25)27-18(2,3)4/h5,12-13H,1,6-11H2,2-4H3,(H,19,22)(H,23,24). The molecule has 1 saturated heterocycles. The van der Waals surface area contributed by atoms with Crippen molar-refractivity contribution in [3.63, 3.8) is 0 Å². The number of hydrogen-bond acceptors (Lipinski definition) is 6. The Morgan fingerprint density at radius 1 is 1.33 bits per heavy atom. The highest BCUT2D eigenvalue weighted by atomic mass is 16.6. The topological polar surface area (TPSA) is 122 Å². The summed E-state index contributed by atoms with van der Waals surface area (Å²) in [4.78, 5) is 48.9. The Labute approximate surface area is 158 Å². The van der Waals surface area contributed by atoms with Crippen LogP contribution in [0.25, 0.3) is 0 Å². The molecule has 0 aromatic rings. The summed E-state index contributed by atoms with van der Waals surface area (Å²) in [5.74, 6) is -2.42. The van der Waals surface area contributed by atoms with Crippen molar-refractivity contribution in [1.29, 1.82) is 0 Å². The van der Waals surface area contributed by atoms with Crippen molar-refractivity contribution in [2.75, 3.05) is 13.2 Å². The summed E-state index contributed by atoms with van der Waals surface area (Å²) in [5, 5.41) is 11.7. The van der Waals surface area contributed by atoms with E-state index < -0.39 is 41.6 Å². The van der Waals surface area contributed by atoms with Gasteiger partial charge in [0.05, 0.1) is 0 Å². The Morgan fingerprint density at radius 3 is 2.56 bits per heavy atom. The second kappa shape index (κ2) is 9.94. The zero-order valence-corrected chi connectivity index (χ0v) is 16.0. The van der Waals surface area contributed by atoms with Crippen LogP contribution in [0.15, 0.2) is 12.7 Å². The molecule has 9 heteroatoms. The van der Waals surface area contributed by atoms with Crippen LogP contribution in [0.3, 0.4) is 0 Å². The summed E-state index contributed by atoms with van der Waals surface area (Å²) in [5.41, 5.74) is -0.698. The van der Waals surface area contributed by atoms with Crippen molar-refractivity contribution in [2.24, 2.45) is 0 Å². The molecule has 2 unspecified atom stereocenters. The molecule has 1 heterocycles. The van der Waals surface area contributed by atoms with Crippen molar-refractivity contribution >= 4 is 23.9 Å². The first-order valence-electron chi connectivity index (χ1n) is 8.84. The molecule has 0 radical (unpaired) electrons. The first kappa shape index (κ1) is 22.5. The Hall–Kier alpha value is -2.58. The molecular formula is C18H28N2O7. The number of amides is 2. The Bertz CT molecular complexity index is 583. The van der Waals surface area contributed by atoms with Gasteiger partial charge in [0.15, 0.2) is 0 Å². The lowest BCUT2D eigenvalue weighted by Crippen LogP contribution is -2.51. The number of esters is 1. The number of nitrogens with one attached hydrogen (secondary N) is 1. The van der Waals surface area contributed by atoms with Gasteiger partial charge in [0.25, 0.3) is 0 Å². The van der Waals surface area contributed by atoms with Crippen molar-refractivity contribution in [1.82, 2.24) is 10.2 Å². The quantitative estimate of drug-likeness (QED) is 0.480. The van der Waals surface area contributed by atoms with E-state index in [1.807, 2.05) is 0 Å². The summed E-state index contributed by atoms with van der Waals surface area (Å²) in [6.07, 6.45) is 1.54. The lowest BCUT2D eigenvalue weighted by Gasteiger charge is -2.28. The van der Waals surface area contributed by atoms with Crippen LogP contribution >= 0.6 is 0 Å². The van der Waals surface area contributed by atoms with Gasteiger partial charge in [-0.1, -0.05) is 12.7 Å². The van der Waals surface area contributed by atoms with Crippen molar-refractivity contribution in [2.45, 2.75) is 64.1 Å². The molecule has 27 heavy (non-hydrogen) atoms. The summed E-state index contributed by atoms with van der Waals surface area (Å²) in [7, 11) is 0. The molecule has 9 nitrogen and oxygen atoms in total. The highest BCUT2D eigenvalue weighted by Crippen LogP contribution is 2.21. The summed E-state index contributed by atoms with van der Waals surface area (Å²) >= 11 is 0. The number of nitrogens with zero attached hydrogens (tertiary/aromatic N) is 1. The van der Waals surface area contributed by atoms with Gasteiger partial charge in [-0.2, -0.15) is 0 Å². The first-order valence-corrected chi connectivity index (χ1v) is 8.84. The fraction of sp³-hybridized carbons (Fsp3) is 0.667. The zero-order valence-electron chi connectivity index (χ0n) is 16.0. The third-order valence-corrected chi connectivity index (χ3v) is 3.80. The lowest BCUT2D eigenvalue weighted by molar-refractivity contribution is -0.145. The molecule has 0 aromatic carbocycles. The Balaban J connectivity index is 2.66. The summed E-state index contributed by atoms with van der Waals surface area (Å²) in [6.45, 7) is 8.98. The van der Waals surface area contributed by atoms with Crippen LogP contribution in [-0.2, 0) is 23.9 Å². The van der Waals surface area contributed by atoms with Gasteiger partial charge < -0.3 is 19.9 Å². The SMILES string of the molecule is C=CCOC(=O)CCC(NC(=O)C1CCCN1C(=O)OC(C)(C)C)C(=O)O. The number of carbonyl (C=O) groups is 4. The predicted octanol–water partition coefficient (Wildman–Crippen LogP) is 1.46. The summed E-state index contributed by atoms with van der Waals surface area (Å²) < 4.78 is 10.1. The average Bonchev–Trinajstić information content (AvgIpc) is 3.04. The van der Waals surface area contributed by atoms with E-state index in [0.717, 1.165) is 0 Å². The van der Waals surface area contributed by atoms with E-state index >= 15 is 0 Å². The van der Waals surface area contributed by atoms with Gasteiger partial charge in [-0.25, -0.2) is 9.59 Å². The molecule has 1 rings (SSSR count). The fourth-order valence-electron chi connectivity index (χ4n) is 2.59. The number of hydrogen-bond donors (Lipinski definition) is 2. The number of carboxylic acids is 1. The van der Waals surface area contributed by atoms with Crippen LogP contribution in [0.5, 0.6) is 0 Å². The van der Waals surface area contributed by atoms with E-state index in [-0.39, 0.29) is 19.4 Å². The monoisotopic (exact) mass is 384 g/mol. The molecule has 2 N–H and O–H groups in total. The smallest absolute Gasteiger partial charge is 0.410 e. The molecule has 0 aliphatic carbocycles. The summed E-state index contributed by atoms with van der Waals surface area (Å²) in [6, 6.07) is -2.05. The molecule has 1 fully saturated rings. The second-order valence-corrected chi connectivity index (χ2v) is 7.24. The van der Waals surface area contributed by atoms with Crippen LogP contribution in [0.1, 0.15) is 46.5 Å². The van der Waals surface area contributed by atoms with E-state index in [1.54, 1.807) is 20.8 Å². The third-order valence-electron chi connectivity index (χ3n) is 3.80. The van der Waals surface area contributed by atoms with E-state index in [2.05, 4.69) is 11.9 Å². The van der Waals surface area contributed by atoms with E-state index in [1.165, 1.54) is 11.0 Å². The molecular weight excluding hydrogens is 356 g/mol. The van der Waals surface area contributed by atoms with Crippen LogP contribution in [-0.4, -0.2) is 64.8 Å². The van der Waals surface area contributed by atoms with Crippen LogP contribution in [0.4, 0.5) is 4.79 Å². The number of ether oxygens (including phenoxy) is 2. The minimum Gasteiger partial charge on any atom is -0.480 e. The van der Waals surface area contributed by atoms with E-state index in [4.69, 9.17) is 9.47 Å². The molecule has 152 valence electrons. The maximum atomic E-state index is 12.5. The van der Waals surface area contributed by atoms with E-state index in [9.17, 15) is 24.3 Å². The van der Waals surface area contributed by atoms with Gasteiger partial charge in [-0.3, -0.25) is 14.5 Å². The van der Waals surface area contributed by atoms with Gasteiger partial charge in [-0.15, -0.1) is 0 Å². The van der Waals surface area contributed by atoms with Crippen molar-refractivity contribution in [3.05, 3.63) is 12.7 Å². The third kappa shape index (κ3) is 7.67. The maximum absolute atomic E-state index is 12.5. The predicted molar refractivity (Wildman–Crippen MR) is 95.9 cm³/mol. The molecule has 1 aliphatic rings. The van der Waals surface area contributed by atoms with Crippen molar-refractivity contribution in [3.8, 4) is 0 Å². The second-order valence-electron chi connectivity index (χ2n) is 7.24. The minimum atomic E-state index is -1.26. The Morgan fingerprint density at radius 2 is 2.00 bits per heavy atom. The zero-order chi connectivity index (χ0) is 20.6. The first-order chi connectivity index (χ1) is 12.5. The molecule has 1 aliphatic heterocycles. The van der Waals surface area contributed by atoms with Crippen LogP contribution in [0, 0.1) is 0 Å². The molecule has 0 aromatic heterocycles. The van der Waals surface area contributed by atoms with Gasteiger partial charge in [0, 0.05) is 13.0 Å². The molecule has 2 amide bonds. The van der Waals surface area contributed by atoms with Crippen molar-refractivity contribution < 1.29 is 33.8 Å². The fourth-order valence-corrected chi connectivity index (χ4v) is 2.59. The largest absolute Gasteiger partial charge is 0.480 e. The molecule has 0 saturated carbocycles. The number of carbonyl (C=O) groups excluding carboxylic acids is 3. The van der Waals surface area contributed by atoms with Gasteiger partial charge >= 0.3 is 18.0 Å². The number of aliphatic carboxylic acids is 1. The highest BCUT2D eigenvalue weighted by molar-refractivity contribution is 5.89. The number of rotatable bonds is 8. The Kier molecular flexibility index (Phi) is 8.27. The van der Waals surface area contributed by atoms with E-state index in [0.29, 0.717) is 19.4 Å². The maximum Gasteiger partial charge on any atom is 0.410 e. The minimum absolute atomic E-state index is 0.0376. The van der Waals surface area contributed by atoms with Gasteiger partial charge in [0.2, 0.25) is 5.91 Å². The van der Waals surface area contributed by atoms with Gasteiger partial charge in [-0.05, 0) is 40.0 Å². The normalized spacial score (nSPS) is 17.7. The molecule has 0 bridgehead atoms. The number of likely N-dealkylation sites (tertiary alicyclic amines) is 1. The van der Waals surface area contributed by atoms with Crippen LogP contribution in [0.2, 0.25) is 0 Å². The molecule has 2 atom stereocenters. The lowest BCUT2D eigenvalue weighted by atomic mass is 10.1.